The topological polar surface area (TPSA) is 21.7 Å². The average Bonchev–Trinajstić information content (AvgIpc) is 2.75. The summed E-state index contributed by atoms with van der Waals surface area (Å²) in [6, 6.07) is 18.4. The van der Waals surface area contributed by atoms with Crippen molar-refractivity contribution < 1.29 is 9.47 Å². The van der Waals surface area contributed by atoms with E-state index in [4.69, 9.17) is 9.47 Å². The zero-order valence-electron chi connectivity index (χ0n) is 17.7. The predicted molar refractivity (Wildman–Crippen MR) is 123 cm³/mol. The highest BCUT2D eigenvalue weighted by atomic mass is 35.5. The standard InChI is InChI=1S/C25H35NO2.ClH/c1-2-3-4-5-10-19-26-20-11-9-14-25(26)28-24-17-15-23(16-18-24)27-21-22-12-7-6-8-13-22;/h6-8,12-13,15-18,25H,2-5,9-11,14,19-21H2,1H3;1H. The first-order valence-electron chi connectivity index (χ1n) is 11.0. The molecule has 3 nitrogen and oxygen atoms in total. The van der Waals surface area contributed by atoms with Gasteiger partial charge in [-0.05, 0) is 55.5 Å². The maximum Gasteiger partial charge on any atom is 0.152 e. The SMILES string of the molecule is CCCCCCCN1CCCCC1Oc1ccc(OCc2ccccc2)cc1.Cl. The highest BCUT2D eigenvalue weighted by Crippen LogP contribution is 2.24. The first kappa shape index (κ1) is 23.6. The summed E-state index contributed by atoms with van der Waals surface area (Å²) >= 11 is 0. The number of rotatable bonds is 11. The fourth-order valence-electron chi connectivity index (χ4n) is 3.78. The molecular formula is C25H36ClNO2. The molecule has 29 heavy (non-hydrogen) atoms. The zero-order valence-corrected chi connectivity index (χ0v) is 18.5. The minimum Gasteiger partial charge on any atom is -0.489 e. The van der Waals surface area contributed by atoms with Crippen molar-refractivity contribution in [2.45, 2.75) is 71.1 Å². The number of ether oxygens (including phenoxy) is 2. The monoisotopic (exact) mass is 417 g/mol. The summed E-state index contributed by atoms with van der Waals surface area (Å²) < 4.78 is 12.2. The largest absolute Gasteiger partial charge is 0.489 e. The summed E-state index contributed by atoms with van der Waals surface area (Å²) in [7, 11) is 0. The first-order chi connectivity index (χ1) is 13.8. The zero-order chi connectivity index (χ0) is 19.4. The van der Waals surface area contributed by atoms with Crippen molar-refractivity contribution in [3.63, 3.8) is 0 Å². The highest BCUT2D eigenvalue weighted by Gasteiger charge is 2.23. The lowest BCUT2D eigenvalue weighted by Crippen LogP contribution is -2.43. The number of nitrogens with zero attached hydrogens (tertiary/aromatic N) is 1. The molecule has 2 aromatic rings. The van der Waals surface area contributed by atoms with E-state index in [1.165, 1.54) is 50.5 Å². The van der Waals surface area contributed by atoms with Gasteiger partial charge in [0.2, 0.25) is 0 Å². The minimum absolute atomic E-state index is 0. The smallest absolute Gasteiger partial charge is 0.152 e. The highest BCUT2D eigenvalue weighted by molar-refractivity contribution is 5.85. The molecule has 1 heterocycles. The fourth-order valence-corrected chi connectivity index (χ4v) is 3.78. The third-order valence-corrected chi connectivity index (χ3v) is 5.45. The summed E-state index contributed by atoms with van der Waals surface area (Å²) in [5.41, 5.74) is 1.18. The van der Waals surface area contributed by atoms with E-state index in [2.05, 4.69) is 24.0 Å². The summed E-state index contributed by atoms with van der Waals surface area (Å²) in [6.45, 7) is 5.19. The van der Waals surface area contributed by atoms with Crippen LogP contribution in [0.15, 0.2) is 54.6 Å². The number of likely N-dealkylation sites (tertiary alicyclic amines) is 1. The van der Waals surface area contributed by atoms with Gasteiger partial charge in [-0.1, -0.05) is 62.9 Å². The Hall–Kier alpha value is -1.71. The van der Waals surface area contributed by atoms with Crippen LogP contribution >= 0.6 is 12.4 Å². The van der Waals surface area contributed by atoms with Gasteiger partial charge in [-0.3, -0.25) is 4.90 Å². The Morgan fingerprint density at radius 2 is 1.59 bits per heavy atom. The Labute approximate surface area is 182 Å². The lowest BCUT2D eigenvalue weighted by Gasteiger charge is -2.35. The van der Waals surface area contributed by atoms with Crippen LogP contribution in [0.5, 0.6) is 11.5 Å². The quantitative estimate of drug-likeness (QED) is 0.373. The van der Waals surface area contributed by atoms with E-state index in [9.17, 15) is 0 Å². The van der Waals surface area contributed by atoms with E-state index in [1.807, 2.05) is 42.5 Å². The van der Waals surface area contributed by atoms with E-state index in [-0.39, 0.29) is 18.6 Å². The molecule has 0 aromatic heterocycles. The van der Waals surface area contributed by atoms with E-state index in [1.54, 1.807) is 0 Å². The Kier molecular flexibility index (Phi) is 11.0. The molecule has 1 atom stereocenters. The van der Waals surface area contributed by atoms with Gasteiger partial charge in [-0.25, -0.2) is 0 Å². The Morgan fingerprint density at radius 1 is 0.862 bits per heavy atom. The second kappa shape index (κ2) is 13.5. The van der Waals surface area contributed by atoms with Crippen LogP contribution < -0.4 is 9.47 Å². The molecule has 2 aromatic carbocycles. The average molecular weight is 418 g/mol. The van der Waals surface area contributed by atoms with Crippen LogP contribution in [0.25, 0.3) is 0 Å². The fraction of sp³-hybridized carbons (Fsp3) is 0.520. The van der Waals surface area contributed by atoms with Crippen molar-refractivity contribution in [1.29, 1.82) is 0 Å². The van der Waals surface area contributed by atoms with E-state index in [0.717, 1.165) is 31.0 Å². The van der Waals surface area contributed by atoms with Gasteiger partial charge in [0.1, 0.15) is 18.1 Å². The Morgan fingerprint density at radius 3 is 2.34 bits per heavy atom. The van der Waals surface area contributed by atoms with Gasteiger partial charge in [0, 0.05) is 13.1 Å². The molecule has 4 heteroatoms. The summed E-state index contributed by atoms with van der Waals surface area (Å²) in [5.74, 6) is 1.82. The minimum atomic E-state index is 0. The van der Waals surface area contributed by atoms with Gasteiger partial charge >= 0.3 is 0 Å². The van der Waals surface area contributed by atoms with Gasteiger partial charge in [0.25, 0.3) is 0 Å². The Balaban J connectivity index is 0.00000300. The second-order valence-electron chi connectivity index (χ2n) is 7.76. The molecular weight excluding hydrogens is 382 g/mol. The number of benzene rings is 2. The third kappa shape index (κ3) is 8.28. The molecule has 1 aliphatic heterocycles. The summed E-state index contributed by atoms with van der Waals surface area (Å²) in [6.07, 6.45) is 10.5. The molecule has 1 aliphatic rings. The van der Waals surface area contributed by atoms with E-state index < -0.39 is 0 Å². The second-order valence-corrected chi connectivity index (χ2v) is 7.76. The van der Waals surface area contributed by atoms with E-state index in [0.29, 0.717) is 6.61 Å². The van der Waals surface area contributed by atoms with Crippen LogP contribution in [0, 0.1) is 0 Å². The van der Waals surface area contributed by atoms with Crippen LogP contribution in [0.1, 0.15) is 63.9 Å². The van der Waals surface area contributed by atoms with Crippen LogP contribution in [0.2, 0.25) is 0 Å². The molecule has 1 unspecified atom stereocenters. The molecule has 160 valence electrons. The lowest BCUT2D eigenvalue weighted by molar-refractivity contribution is -0.00477. The number of halogens is 1. The van der Waals surface area contributed by atoms with Gasteiger partial charge in [0.05, 0.1) is 0 Å². The first-order valence-corrected chi connectivity index (χ1v) is 11.0. The summed E-state index contributed by atoms with van der Waals surface area (Å²) in [4.78, 5) is 2.54. The third-order valence-electron chi connectivity index (χ3n) is 5.45. The molecule has 3 rings (SSSR count). The van der Waals surface area contributed by atoms with Crippen molar-refractivity contribution in [2.24, 2.45) is 0 Å². The van der Waals surface area contributed by atoms with Crippen molar-refractivity contribution in [3.8, 4) is 11.5 Å². The van der Waals surface area contributed by atoms with Crippen molar-refractivity contribution >= 4 is 12.4 Å². The molecule has 1 saturated heterocycles. The van der Waals surface area contributed by atoms with Crippen LogP contribution in [-0.4, -0.2) is 24.2 Å². The maximum atomic E-state index is 6.33. The van der Waals surface area contributed by atoms with Gasteiger partial charge < -0.3 is 9.47 Å². The van der Waals surface area contributed by atoms with Crippen molar-refractivity contribution in [3.05, 3.63) is 60.2 Å². The van der Waals surface area contributed by atoms with E-state index >= 15 is 0 Å². The van der Waals surface area contributed by atoms with Gasteiger partial charge in [0.15, 0.2) is 6.23 Å². The lowest BCUT2D eigenvalue weighted by atomic mass is 10.1. The Bertz CT molecular complexity index is 662. The van der Waals surface area contributed by atoms with Crippen molar-refractivity contribution in [2.75, 3.05) is 13.1 Å². The molecule has 0 amide bonds. The molecule has 0 bridgehead atoms. The molecule has 1 fully saturated rings. The van der Waals surface area contributed by atoms with Crippen LogP contribution in [0.3, 0.4) is 0 Å². The number of hydrogen-bond acceptors (Lipinski definition) is 3. The molecule has 0 saturated carbocycles. The van der Waals surface area contributed by atoms with Gasteiger partial charge in [-0.2, -0.15) is 0 Å². The molecule has 0 N–H and O–H groups in total. The molecule has 0 spiro atoms. The number of hydrogen-bond donors (Lipinski definition) is 0. The summed E-state index contributed by atoms with van der Waals surface area (Å²) in [5, 5.41) is 0. The maximum absolute atomic E-state index is 6.33. The predicted octanol–water partition coefficient (Wildman–Crippen LogP) is 6.85. The molecule has 0 radical (unpaired) electrons. The van der Waals surface area contributed by atoms with Gasteiger partial charge in [-0.15, -0.1) is 12.4 Å². The van der Waals surface area contributed by atoms with Crippen molar-refractivity contribution in [1.82, 2.24) is 4.90 Å². The normalized spacial score (nSPS) is 16.8. The van der Waals surface area contributed by atoms with Crippen LogP contribution in [0.4, 0.5) is 0 Å². The number of unbranched alkanes of at least 4 members (excludes halogenated alkanes) is 4. The molecule has 0 aliphatic carbocycles. The van der Waals surface area contributed by atoms with Crippen LogP contribution in [-0.2, 0) is 6.61 Å². The number of piperidine rings is 1.